The Hall–Kier alpha value is -1.06. The van der Waals surface area contributed by atoms with Crippen LogP contribution in [0.5, 0.6) is 0 Å². The summed E-state index contributed by atoms with van der Waals surface area (Å²) < 4.78 is 4.82. The maximum atomic E-state index is 11.2. The highest BCUT2D eigenvalue weighted by atomic mass is 16.6. The summed E-state index contributed by atoms with van der Waals surface area (Å²) in [5.74, 6) is -0.473. The van der Waals surface area contributed by atoms with Gasteiger partial charge >= 0.3 is 5.97 Å². The van der Waals surface area contributed by atoms with Crippen molar-refractivity contribution >= 4 is 11.9 Å². The molecule has 4 nitrogen and oxygen atoms in total. The third-order valence-electron chi connectivity index (χ3n) is 1.88. The van der Waals surface area contributed by atoms with E-state index in [0.29, 0.717) is 0 Å². The van der Waals surface area contributed by atoms with Crippen molar-refractivity contribution in [1.82, 2.24) is 5.32 Å². The van der Waals surface area contributed by atoms with Gasteiger partial charge in [-0.05, 0) is 12.8 Å². The number of carbonyl (C=O) groups excluding carboxylic acids is 2. The highest BCUT2D eigenvalue weighted by Gasteiger charge is 2.34. The Morgan fingerprint density at radius 1 is 1.42 bits per heavy atom. The predicted molar refractivity (Wildman–Crippen MR) is 42.3 cm³/mol. The number of esters is 1. The zero-order valence-electron chi connectivity index (χ0n) is 7.46. The summed E-state index contributed by atoms with van der Waals surface area (Å²) in [6.07, 6.45) is -0.646. The lowest BCUT2D eigenvalue weighted by molar-refractivity contribution is -0.165. The van der Waals surface area contributed by atoms with E-state index >= 15 is 0 Å². The molecule has 0 aromatic carbocycles. The monoisotopic (exact) mass is 171 g/mol. The number of rotatable bonds is 1. The van der Waals surface area contributed by atoms with E-state index in [1.807, 2.05) is 13.8 Å². The van der Waals surface area contributed by atoms with E-state index in [4.69, 9.17) is 4.74 Å². The van der Waals surface area contributed by atoms with Gasteiger partial charge in [0, 0.05) is 0 Å². The maximum Gasteiger partial charge on any atom is 0.329 e. The number of amides is 1. The third kappa shape index (κ3) is 1.57. The summed E-state index contributed by atoms with van der Waals surface area (Å²) in [7, 11) is 0. The molecule has 0 aliphatic carbocycles. The molecule has 0 unspecified atom stereocenters. The third-order valence-corrected chi connectivity index (χ3v) is 1.88. The Bertz CT molecular complexity index is 212. The highest BCUT2D eigenvalue weighted by molar-refractivity contribution is 5.92. The van der Waals surface area contributed by atoms with E-state index in [-0.39, 0.29) is 17.8 Å². The first-order chi connectivity index (χ1) is 5.52. The lowest BCUT2D eigenvalue weighted by atomic mass is 10.0. The zero-order chi connectivity index (χ0) is 9.30. The fraction of sp³-hybridized carbons (Fsp3) is 0.750. The second kappa shape index (κ2) is 3.13. The molecule has 12 heavy (non-hydrogen) atoms. The number of carbonyl (C=O) groups is 2. The van der Waals surface area contributed by atoms with Gasteiger partial charge in [-0.2, -0.15) is 0 Å². The summed E-state index contributed by atoms with van der Waals surface area (Å²) in [5, 5.41) is 2.60. The molecule has 4 heteroatoms. The largest absolute Gasteiger partial charge is 0.451 e. The van der Waals surface area contributed by atoms with Crippen LogP contribution in [-0.2, 0) is 14.3 Å². The Kier molecular flexibility index (Phi) is 2.35. The van der Waals surface area contributed by atoms with Crippen LogP contribution in [0.25, 0.3) is 0 Å². The lowest BCUT2D eigenvalue weighted by Crippen LogP contribution is -2.55. The second-order valence-corrected chi connectivity index (χ2v) is 3.31. The molecular weight excluding hydrogens is 158 g/mol. The van der Waals surface area contributed by atoms with Crippen molar-refractivity contribution in [3.63, 3.8) is 0 Å². The minimum Gasteiger partial charge on any atom is -0.451 e. The van der Waals surface area contributed by atoms with Crippen LogP contribution in [0.2, 0.25) is 0 Å². The number of morpholine rings is 1. The summed E-state index contributed by atoms with van der Waals surface area (Å²) in [6.45, 7) is 5.29. The highest BCUT2D eigenvalue weighted by Crippen LogP contribution is 2.10. The first-order valence-corrected chi connectivity index (χ1v) is 4.03. The smallest absolute Gasteiger partial charge is 0.329 e. The van der Waals surface area contributed by atoms with Crippen LogP contribution in [-0.4, -0.2) is 24.0 Å². The predicted octanol–water partition coefficient (Wildman–Crippen LogP) is 0.0725. The summed E-state index contributed by atoms with van der Waals surface area (Å²) in [6, 6.07) is -0.478. The van der Waals surface area contributed by atoms with Gasteiger partial charge in [0.1, 0.15) is 6.04 Å². The van der Waals surface area contributed by atoms with E-state index in [1.165, 1.54) is 0 Å². The fourth-order valence-electron chi connectivity index (χ4n) is 1.07. The summed E-state index contributed by atoms with van der Waals surface area (Å²) >= 11 is 0. The average Bonchev–Trinajstić information content (AvgIpc) is 1.96. The van der Waals surface area contributed by atoms with Gasteiger partial charge in [-0.15, -0.1) is 0 Å². The van der Waals surface area contributed by atoms with Crippen LogP contribution < -0.4 is 5.32 Å². The quantitative estimate of drug-likeness (QED) is 0.568. The molecule has 0 saturated carbocycles. The molecule has 1 amide bonds. The van der Waals surface area contributed by atoms with Crippen molar-refractivity contribution < 1.29 is 14.3 Å². The van der Waals surface area contributed by atoms with E-state index in [0.717, 1.165) is 0 Å². The molecule has 0 aromatic rings. The number of hydrogen-bond donors (Lipinski definition) is 1. The zero-order valence-corrected chi connectivity index (χ0v) is 7.46. The van der Waals surface area contributed by atoms with Crippen LogP contribution in [0.1, 0.15) is 20.8 Å². The molecule has 1 saturated heterocycles. The lowest BCUT2D eigenvalue weighted by Gasteiger charge is -2.28. The fourth-order valence-corrected chi connectivity index (χ4v) is 1.07. The minimum atomic E-state index is -0.646. The Labute approximate surface area is 71.3 Å². The van der Waals surface area contributed by atoms with Crippen LogP contribution in [0.3, 0.4) is 0 Å². The normalized spacial score (nSPS) is 30.0. The standard InChI is InChI=1S/C8H13NO3/c1-4(2)6-8(11)12-5(3)7(10)9-6/h4-6H,1-3H3,(H,9,10)/t5-,6-/m0/s1. The van der Waals surface area contributed by atoms with Crippen molar-refractivity contribution in [2.24, 2.45) is 5.92 Å². The molecule has 1 aliphatic rings. The molecule has 1 heterocycles. The Morgan fingerprint density at radius 3 is 2.50 bits per heavy atom. The van der Waals surface area contributed by atoms with Gasteiger partial charge in [-0.25, -0.2) is 4.79 Å². The number of cyclic esters (lactones) is 1. The topological polar surface area (TPSA) is 55.4 Å². The number of nitrogens with one attached hydrogen (secondary N) is 1. The first kappa shape index (κ1) is 9.03. The van der Waals surface area contributed by atoms with Gasteiger partial charge in [0.05, 0.1) is 0 Å². The van der Waals surface area contributed by atoms with E-state index in [2.05, 4.69) is 5.32 Å². The van der Waals surface area contributed by atoms with E-state index < -0.39 is 12.1 Å². The van der Waals surface area contributed by atoms with Crippen LogP contribution in [0, 0.1) is 5.92 Å². The Balaban J connectivity index is 2.68. The summed E-state index contributed by atoms with van der Waals surface area (Å²) in [5.41, 5.74) is 0. The average molecular weight is 171 g/mol. The van der Waals surface area contributed by atoms with Crippen molar-refractivity contribution in [3.8, 4) is 0 Å². The van der Waals surface area contributed by atoms with Crippen LogP contribution in [0.15, 0.2) is 0 Å². The van der Waals surface area contributed by atoms with Crippen molar-refractivity contribution in [2.45, 2.75) is 32.9 Å². The van der Waals surface area contributed by atoms with E-state index in [1.54, 1.807) is 6.92 Å². The molecule has 2 atom stereocenters. The molecule has 0 aromatic heterocycles. The molecule has 0 spiro atoms. The van der Waals surface area contributed by atoms with Gasteiger partial charge < -0.3 is 10.1 Å². The van der Waals surface area contributed by atoms with Crippen LogP contribution in [0.4, 0.5) is 0 Å². The molecule has 0 bridgehead atoms. The van der Waals surface area contributed by atoms with Crippen molar-refractivity contribution in [2.75, 3.05) is 0 Å². The molecule has 1 aliphatic heterocycles. The van der Waals surface area contributed by atoms with Gasteiger partial charge in [-0.1, -0.05) is 13.8 Å². The maximum absolute atomic E-state index is 11.2. The summed E-state index contributed by atoms with van der Waals surface area (Å²) in [4.78, 5) is 22.2. The number of hydrogen-bond acceptors (Lipinski definition) is 3. The van der Waals surface area contributed by atoms with Gasteiger partial charge in [0.15, 0.2) is 6.10 Å². The van der Waals surface area contributed by atoms with Crippen molar-refractivity contribution in [1.29, 1.82) is 0 Å². The molecule has 1 fully saturated rings. The molecule has 0 radical (unpaired) electrons. The van der Waals surface area contributed by atoms with Crippen molar-refractivity contribution in [3.05, 3.63) is 0 Å². The molecule has 68 valence electrons. The van der Waals surface area contributed by atoms with E-state index in [9.17, 15) is 9.59 Å². The van der Waals surface area contributed by atoms with Gasteiger partial charge in [0.2, 0.25) is 0 Å². The second-order valence-electron chi connectivity index (χ2n) is 3.31. The molecular formula is C8H13NO3. The SMILES string of the molecule is CC(C)[C@@H]1NC(=O)[C@H](C)OC1=O. The molecule has 1 N–H and O–H groups in total. The van der Waals surface area contributed by atoms with Crippen LogP contribution >= 0.6 is 0 Å². The van der Waals surface area contributed by atoms with Gasteiger partial charge in [0.25, 0.3) is 5.91 Å². The molecule has 1 rings (SSSR count). The number of ether oxygens (including phenoxy) is 1. The van der Waals surface area contributed by atoms with Gasteiger partial charge in [-0.3, -0.25) is 4.79 Å². The first-order valence-electron chi connectivity index (χ1n) is 4.03. The minimum absolute atomic E-state index is 0.0777. The Morgan fingerprint density at radius 2 is 2.00 bits per heavy atom.